The Labute approximate surface area is 147 Å². The largest absolute Gasteiger partial charge is 0.497 e. The number of benzene rings is 2. The molecule has 0 heterocycles. The number of nitrogens with zero attached hydrogens (tertiary/aromatic N) is 1. The minimum atomic E-state index is -1.01. The molecule has 0 aliphatic carbocycles. The molecule has 132 valence electrons. The summed E-state index contributed by atoms with van der Waals surface area (Å²) in [6, 6.07) is 16.1. The second-order valence-electron chi connectivity index (χ2n) is 5.87. The molecular weight excluding hydrogens is 318 g/mol. The van der Waals surface area contributed by atoms with Crippen molar-refractivity contribution in [1.82, 2.24) is 4.90 Å². The van der Waals surface area contributed by atoms with E-state index in [0.717, 1.165) is 16.9 Å². The lowest BCUT2D eigenvalue weighted by Crippen LogP contribution is -2.42. The minimum Gasteiger partial charge on any atom is -0.497 e. The Morgan fingerprint density at radius 3 is 2.24 bits per heavy atom. The molecule has 0 aromatic heterocycles. The average Bonchev–Trinajstić information content (AvgIpc) is 2.64. The number of carbonyl (C=O) groups excluding carboxylic acids is 1. The van der Waals surface area contributed by atoms with Crippen molar-refractivity contribution in [2.24, 2.45) is 0 Å². The number of rotatable bonds is 8. The van der Waals surface area contributed by atoms with Crippen LogP contribution in [-0.4, -0.2) is 35.0 Å². The van der Waals surface area contributed by atoms with Crippen molar-refractivity contribution in [2.45, 2.75) is 32.4 Å². The minimum absolute atomic E-state index is 0.172. The number of aryl methyl sites for hydroxylation is 1. The highest BCUT2D eigenvalue weighted by Crippen LogP contribution is 2.15. The van der Waals surface area contributed by atoms with Crippen LogP contribution in [0.1, 0.15) is 24.5 Å². The van der Waals surface area contributed by atoms with Gasteiger partial charge in [-0.2, -0.15) is 0 Å². The molecule has 0 aliphatic heterocycles. The molecule has 2 rings (SSSR count). The molecule has 0 fully saturated rings. The van der Waals surface area contributed by atoms with Crippen LogP contribution in [0.4, 0.5) is 0 Å². The van der Waals surface area contributed by atoms with Crippen LogP contribution in [0, 0.1) is 0 Å². The van der Waals surface area contributed by atoms with Gasteiger partial charge in [0.1, 0.15) is 11.8 Å². The fourth-order valence-corrected chi connectivity index (χ4v) is 2.54. The molecule has 0 aliphatic rings. The highest BCUT2D eigenvalue weighted by atomic mass is 16.5. The summed E-state index contributed by atoms with van der Waals surface area (Å²) in [4.78, 5) is 25.4. The van der Waals surface area contributed by atoms with Gasteiger partial charge in [0.25, 0.3) is 0 Å². The maximum absolute atomic E-state index is 12.6. The van der Waals surface area contributed by atoms with E-state index in [-0.39, 0.29) is 18.9 Å². The van der Waals surface area contributed by atoms with Crippen LogP contribution in [0.3, 0.4) is 0 Å². The van der Waals surface area contributed by atoms with Crippen LogP contribution in [-0.2, 0) is 22.6 Å². The van der Waals surface area contributed by atoms with Crippen LogP contribution in [0.2, 0.25) is 0 Å². The molecule has 5 heteroatoms. The third-order valence-electron chi connectivity index (χ3n) is 4.13. The fraction of sp³-hybridized carbons (Fsp3) is 0.300. The van der Waals surface area contributed by atoms with Crippen molar-refractivity contribution in [1.29, 1.82) is 0 Å². The number of hydrogen-bond donors (Lipinski definition) is 1. The van der Waals surface area contributed by atoms with Crippen LogP contribution in [0.5, 0.6) is 5.75 Å². The van der Waals surface area contributed by atoms with E-state index in [9.17, 15) is 14.7 Å². The lowest BCUT2D eigenvalue weighted by molar-refractivity contribution is -0.150. The molecule has 1 amide bonds. The summed E-state index contributed by atoms with van der Waals surface area (Å²) in [6.07, 6.45) is 0.817. The van der Waals surface area contributed by atoms with E-state index in [1.165, 1.54) is 11.8 Å². The number of ether oxygens (including phenoxy) is 1. The monoisotopic (exact) mass is 341 g/mol. The highest BCUT2D eigenvalue weighted by molar-refractivity contribution is 5.83. The van der Waals surface area contributed by atoms with Crippen LogP contribution >= 0.6 is 0 Å². The second-order valence-corrected chi connectivity index (χ2v) is 5.87. The third-order valence-corrected chi connectivity index (χ3v) is 4.13. The summed E-state index contributed by atoms with van der Waals surface area (Å²) in [6.45, 7) is 1.83. The van der Waals surface area contributed by atoms with Gasteiger partial charge < -0.3 is 14.7 Å². The molecule has 1 unspecified atom stereocenters. The molecule has 0 spiro atoms. The summed E-state index contributed by atoms with van der Waals surface area (Å²) < 4.78 is 5.12. The van der Waals surface area contributed by atoms with E-state index >= 15 is 0 Å². The number of carbonyl (C=O) groups is 2. The van der Waals surface area contributed by atoms with Crippen molar-refractivity contribution in [3.8, 4) is 5.75 Å². The van der Waals surface area contributed by atoms with Gasteiger partial charge in [0.15, 0.2) is 0 Å². The Morgan fingerprint density at radius 2 is 1.68 bits per heavy atom. The maximum atomic E-state index is 12.6. The van der Waals surface area contributed by atoms with E-state index in [2.05, 4.69) is 0 Å². The molecule has 0 saturated carbocycles. The molecule has 1 N–H and O–H groups in total. The zero-order chi connectivity index (χ0) is 18.2. The zero-order valence-electron chi connectivity index (χ0n) is 14.5. The van der Waals surface area contributed by atoms with Crippen molar-refractivity contribution in [2.75, 3.05) is 7.11 Å². The summed E-state index contributed by atoms with van der Waals surface area (Å²) in [5, 5.41) is 9.31. The predicted octanol–water partition coefficient (Wildman–Crippen LogP) is 3.13. The van der Waals surface area contributed by atoms with Crippen LogP contribution in [0.25, 0.3) is 0 Å². The van der Waals surface area contributed by atoms with Crippen molar-refractivity contribution < 1.29 is 19.4 Å². The molecular formula is C20H23NO4. The lowest BCUT2D eigenvalue weighted by atomic mass is 10.1. The Morgan fingerprint density at radius 1 is 1.04 bits per heavy atom. The predicted molar refractivity (Wildman–Crippen MR) is 95.4 cm³/mol. The van der Waals surface area contributed by atoms with E-state index in [4.69, 9.17) is 4.74 Å². The molecule has 2 aromatic carbocycles. The number of carboxylic acid groups (broad SMARTS) is 1. The lowest BCUT2D eigenvalue weighted by Gasteiger charge is -2.27. The Hall–Kier alpha value is -2.82. The molecule has 0 radical (unpaired) electrons. The number of methoxy groups -OCH3 is 1. The number of carboxylic acids is 1. The van der Waals surface area contributed by atoms with E-state index in [1.54, 1.807) is 7.11 Å². The molecule has 0 bridgehead atoms. The second kappa shape index (κ2) is 8.87. The van der Waals surface area contributed by atoms with Crippen LogP contribution < -0.4 is 4.74 Å². The smallest absolute Gasteiger partial charge is 0.326 e. The first-order valence-electron chi connectivity index (χ1n) is 8.20. The zero-order valence-corrected chi connectivity index (χ0v) is 14.5. The van der Waals surface area contributed by atoms with Gasteiger partial charge >= 0.3 is 5.97 Å². The first kappa shape index (κ1) is 18.5. The van der Waals surface area contributed by atoms with Crippen molar-refractivity contribution in [3.05, 3.63) is 65.7 Å². The van der Waals surface area contributed by atoms with Gasteiger partial charge in [0, 0.05) is 13.0 Å². The van der Waals surface area contributed by atoms with Gasteiger partial charge in [-0.3, -0.25) is 4.79 Å². The Balaban J connectivity index is 2.04. The standard InChI is InChI=1S/C20H23NO4/c1-15(20(23)24)21(14-17-6-4-3-5-7-17)19(22)13-10-16-8-11-18(25-2)12-9-16/h3-9,11-12,15H,10,13-14H2,1-2H3,(H,23,24). The highest BCUT2D eigenvalue weighted by Gasteiger charge is 2.25. The third kappa shape index (κ3) is 5.35. The molecule has 0 saturated heterocycles. The van der Waals surface area contributed by atoms with Gasteiger partial charge in [-0.1, -0.05) is 42.5 Å². The fourth-order valence-electron chi connectivity index (χ4n) is 2.54. The average molecular weight is 341 g/mol. The van der Waals surface area contributed by atoms with Gasteiger partial charge in [-0.25, -0.2) is 4.79 Å². The molecule has 25 heavy (non-hydrogen) atoms. The van der Waals surface area contributed by atoms with Crippen LogP contribution in [0.15, 0.2) is 54.6 Å². The summed E-state index contributed by atoms with van der Waals surface area (Å²) in [5.41, 5.74) is 1.92. The summed E-state index contributed by atoms with van der Waals surface area (Å²) >= 11 is 0. The number of hydrogen-bond acceptors (Lipinski definition) is 3. The molecule has 2 aromatic rings. The SMILES string of the molecule is COc1ccc(CCC(=O)N(Cc2ccccc2)C(C)C(=O)O)cc1. The van der Waals surface area contributed by atoms with Gasteiger partial charge in [-0.05, 0) is 36.6 Å². The first-order valence-corrected chi connectivity index (χ1v) is 8.20. The number of amides is 1. The van der Waals surface area contributed by atoms with Gasteiger partial charge in [0.05, 0.1) is 7.11 Å². The summed E-state index contributed by atoms with van der Waals surface area (Å²) in [7, 11) is 1.60. The maximum Gasteiger partial charge on any atom is 0.326 e. The Bertz CT molecular complexity index is 697. The van der Waals surface area contributed by atoms with Crippen molar-refractivity contribution in [3.63, 3.8) is 0 Å². The Kier molecular flexibility index (Phi) is 6.57. The topological polar surface area (TPSA) is 66.8 Å². The first-order chi connectivity index (χ1) is 12.0. The van der Waals surface area contributed by atoms with Gasteiger partial charge in [0.2, 0.25) is 5.91 Å². The summed E-state index contributed by atoms with van der Waals surface area (Å²) in [5.74, 6) is -0.413. The van der Waals surface area contributed by atoms with E-state index in [1.807, 2.05) is 54.6 Å². The quantitative estimate of drug-likeness (QED) is 0.801. The van der Waals surface area contributed by atoms with Crippen molar-refractivity contribution >= 4 is 11.9 Å². The normalized spacial score (nSPS) is 11.6. The van der Waals surface area contributed by atoms with E-state index in [0.29, 0.717) is 6.42 Å². The van der Waals surface area contributed by atoms with Gasteiger partial charge in [-0.15, -0.1) is 0 Å². The molecule has 1 atom stereocenters. The molecule has 5 nitrogen and oxygen atoms in total. The number of aliphatic carboxylic acids is 1. The van der Waals surface area contributed by atoms with E-state index < -0.39 is 12.0 Å².